The molecule has 2 aromatic rings. The number of ketones is 2. The molecule has 0 N–H and O–H groups in total. The molecule has 2 aromatic carbocycles. The van der Waals surface area contributed by atoms with Gasteiger partial charge in [0, 0.05) is 11.1 Å². The number of carbonyl (C=O) groups is 2. The molecule has 0 radical (unpaired) electrons. The molecule has 0 heterocycles. The molecule has 0 atom stereocenters. The summed E-state index contributed by atoms with van der Waals surface area (Å²) in [6.45, 7) is 21.4. The van der Waals surface area contributed by atoms with Gasteiger partial charge in [-0.3, -0.25) is 9.59 Å². The van der Waals surface area contributed by atoms with E-state index in [1.54, 1.807) is 13.8 Å². The van der Waals surface area contributed by atoms with Crippen molar-refractivity contribution in [1.29, 1.82) is 0 Å². The summed E-state index contributed by atoms with van der Waals surface area (Å²) < 4.78 is 0. The molecule has 0 amide bonds. The van der Waals surface area contributed by atoms with Crippen molar-refractivity contribution in [3.8, 4) is 0 Å². The number of Topliss-reactive ketones (excluding diaryl/α,β-unsaturated/α-hetero) is 2. The summed E-state index contributed by atoms with van der Waals surface area (Å²) in [5, 5.41) is 0. The Morgan fingerprint density at radius 2 is 1.11 bits per heavy atom. The molecule has 0 spiro atoms. The van der Waals surface area contributed by atoms with Crippen LogP contribution in [0.1, 0.15) is 107 Å². The smallest absolute Gasteiger partial charge is 0.160 e. The first-order valence-corrected chi connectivity index (χ1v) is 10.5. The Morgan fingerprint density at radius 1 is 0.679 bits per heavy atom. The van der Waals surface area contributed by atoms with Gasteiger partial charge in [0.15, 0.2) is 11.6 Å². The highest BCUT2D eigenvalue weighted by molar-refractivity contribution is 5.95. The fourth-order valence-electron chi connectivity index (χ4n) is 2.07. The number of hydrogen-bond donors (Lipinski definition) is 0. The van der Waals surface area contributed by atoms with Crippen molar-refractivity contribution in [3.63, 3.8) is 0 Å². The maximum Gasteiger partial charge on any atom is 0.160 e. The minimum Gasteiger partial charge on any atom is -0.295 e. The zero-order valence-corrected chi connectivity index (χ0v) is 20.0. The molecule has 158 valence electrons. The van der Waals surface area contributed by atoms with Gasteiger partial charge in [-0.25, -0.2) is 0 Å². The van der Waals surface area contributed by atoms with Gasteiger partial charge >= 0.3 is 0 Å². The number of rotatable bonds is 3. The van der Waals surface area contributed by atoms with Crippen molar-refractivity contribution in [3.05, 3.63) is 70.8 Å². The van der Waals surface area contributed by atoms with Gasteiger partial charge in [-0.05, 0) is 37.8 Å². The van der Waals surface area contributed by atoms with Gasteiger partial charge in [-0.15, -0.1) is 0 Å². The van der Waals surface area contributed by atoms with Gasteiger partial charge in [-0.1, -0.05) is 104 Å². The lowest BCUT2D eigenvalue weighted by Crippen LogP contribution is -1.93. The molecule has 0 unspecified atom stereocenters. The van der Waals surface area contributed by atoms with Gasteiger partial charge in [0.25, 0.3) is 0 Å². The van der Waals surface area contributed by atoms with Gasteiger partial charge in [-0.2, -0.15) is 0 Å². The van der Waals surface area contributed by atoms with Crippen molar-refractivity contribution >= 4 is 11.6 Å². The Labute approximate surface area is 174 Å². The molecule has 0 saturated heterocycles. The van der Waals surface area contributed by atoms with Crippen LogP contribution in [0.4, 0.5) is 0 Å². The van der Waals surface area contributed by atoms with Crippen LogP contribution in [-0.2, 0) is 0 Å². The molecule has 0 aliphatic carbocycles. The van der Waals surface area contributed by atoms with Crippen LogP contribution in [0.5, 0.6) is 0 Å². The highest BCUT2D eigenvalue weighted by atomic mass is 16.1. The lowest BCUT2D eigenvalue weighted by Gasteiger charge is -2.04. The monoisotopic (exact) mass is 386 g/mol. The predicted octanol–water partition coefficient (Wildman–Crippen LogP) is 8.29. The highest BCUT2D eigenvalue weighted by Gasteiger charge is 2.01. The molecule has 0 aromatic heterocycles. The van der Waals surface area contributed by atoms with E-state index in [1.807, 2.05) is 97.0 Å². The van der Waals surface area contributed by atoms with E-state index < -0.39 is 0 Å². The summed E-state index contributed by atoms with van der Waals surface area (Å²) in [6.07, 6.45) is 0. The first-order valence-electron chi connectivity index (χ1n) is 10.5. The summed E-state index contributed by atoms with van der Waals surface area (Å²) in [5.41, 5.74) is 3.94. The first-order chi connectivity index (χ1) is 13.3. The van der Waals surface area contributed by atoms with Crippen LogP contribution in [0.3, 0.4) is 0 Å². The maximum absolute atomic E-state index is 10.9. The van der Waals surface area contributed by atoms with E-state index in [9.17, 15) is 9.59 Å². The molecule has 0 saturated carbocycles. The third-order valence-corrected chi connectivity index (χ3v) is 3.51. The quantitative estimate of drug-likeness (QED) is 0.497. The average molecular weight is 387 g/mol. The fraction of sp³-hybridized carbons (Fsp3) is 0.462. The zero-order chi connectivity index (χ0) is 22.7. The Kier molecular flexibility index (Phi) is 21.3. The van der Waals surface area contributed by atoms with E-state index in [4.69, 9.17) is 0 Å². The fourth-order valence-corrected chi connectivity index (χ4v) is 2.07. The van der Waals surface area contributed by atoms with Crippen LogP contribution in [0.25, 0.3) is 0 Å². The Balaban J connectivity index is -0.000000355. The maximum atomic E-state index is 10.9. The van der Waals surface area contributed by atoms with Gasteiger partial charge in [0.1, 0.15) is 0 Å². The Bertz CT molecular complexity index is 638. The third-order valence-electron chi connectivity index (χ3n) is 3.51. The lowest BCUT2D eigenvalue weighted by atomic mass is 10.0. The predicted molar refractivity (Wildman–Crippen MR) is 126 cm³/mol. The first kappa shape index (κ1) is 30.5. The molecule has 2 nitrogen and oxygen atoms in total. The summed E-state index contributed by atoms with van der Waals surface area (Å²) in [7, 11) is 0. The molecule has 0 aliphatic heterocycles. The van der Waals surface area contributed by atoms with Crippen LogP contribution < -0.4 is 0 Å². The van der Waals surface area contributed by atoms with Gasteiger partial charge in [0.2, 0.25) is 0 Å². The van der Waals surface area contributed by atoms with Crippen LogP contribution in [0, 0.1) is 6.92 Å². The highest BCUT2D eigenvalue weighted by Crippen LogP contribution is 2.14. The molecule has 0 fully saturated rings. The van der Waals surface area contributed by atoms with E-state index in [2.05, 4.69) is 13.8 Å². The molecular weight excluding hydrogens is 344 g/mol. The molecule has 0 aliphatic rings. The van der Waals surface area contributed by atoms with E-state index in [0.29, 0.717) is 5.92 Å². The minimum absolute atomic E-state index is 0.130. The summed E-state index contributed by atoms with van der Waals surface area (Å²) >= 11 is 0. The second-order valence-electron chi connectivity index (χ2n) is 5.70. The normalized spacial score (nSPS) is 8.43. The number of hydrogen-bond acceptors (Lipinski definition) is 2. The molecule has 0 bridgehead atoms. The number of carbonyl (C=O) groups excluding carboxylic acids is 2. The zero-order valence-electron chi connectivity index (χ0n) is 20.0. The summed E-state index contributed by atoms with van der Waals surface area (Å²) in [5.74, 6) is 0.800. The molecular formula is C26H42O2. The van der Waals surface area contributed by atoms with Crippen molar-refractivity contribution < 1.29 is 9.59 Å². The summed E-state index contributed by atoms with van der Waals surface area (Å²) in [6, 6.07) is 15.4. The average Bonchev–Trinajstić information content (AvgIpc) is 2.73. The standard InChI is InChI=1S/C11H14O.C9H10O.3C2H6/c1-8(2)10-4-6-11(7-5-10)9(3)12;1-7-5-3-4-6-9(7)8(2)10;3*1-2/h4-8H,1-3H3;3-6H,1-2H3;3*1-2H3. The second-order valence-corrected chi connectivity index (χ2v) is 5.70. The lowest BCUT2D eigenvalue weighted by molar-refractivity contribution is 0.100. The van der Waals surface area contributed by atoms with Crippen LogP contribution in [0.15, 0.2) is 48.5 Å². The van der Waals surface area contributed by atoms with E-state index in [-0.39, 0.29) is 11.6 Å². The van der Waals surface area contributed by atoms with Crippen molar-refractivity contribution in [1.82, 2.24) is 0 Å². The van der Waals surface area contributed by atoms with Gasteiger partial charge < -0.3 is 0 Å². The van der Waals surface area contributed by atoms with Crippen LogP contribution in [0.2, 0.25) is 0 Å². The van der Waals surface area contributed by atoms with E-state index in [0.717, 1.165) is 16.7 Å². The number of aryl methyl sites for hydroxylation is 1. The SMILES string of the molecule is CC.CC.CC.CC(=O)c1ccc(C(C)C)cc1.CC(=O)c1ccccc1C. The second kappa shape index (κ2) is 19.5. The third kappa shape index (κ3) is 13.0. The van der Waals surface area contributed by atoms with Crippen LogP contribution in [-0.4, -0.2) is 11.6 Å². The van der Waals surface area contributed by atoms with Crippen LogP contribution >= 0.6 is 0 Å². The topological polar surface area (TPSA) is 34.1 Å². The van der Waals surface area contributed by atoms with Crippen molar-refractivity contribution in [2.45, 2.75) is 82.1 Å². The molecule has 28 heavy (non-hydrogen) atoms. The van der Waals surface area contributed by atoms with E-state index >= 15 is 0 Å². The number of benzene rings is 2. The Morgan fingerprint density at radius 3 is 1.39 bits per heavy atom. The van der Waals surface area contributed by atoms with E-state index in [1.165, 1.54) is 5.56 Å². The van der Waals surface area contributed by atoms with Gasteiger partial charge in [0.05, 0.1) is 0 Å². The van der Waals surface area contributed by atoms with Crippen molar-refractivity contribution in [2.75, 3.05) is 0 Å². The minimum atomic E-state index is 0.130. The molecule has 2 rings (SSSR count). The Hall–Kier alpha value is -2.22. The molecule has 2 heteroatoms. The largest absolute Gasteiger partial charge is 0.295 e. The summed E-state index contributed by atoms with van der Waals surface area (Å²) in [4.78, 5) is 21.8. The van der Waals surface area contributed by atoms with Crippen molar-refractivity contribution in [2.24, 2.45) is 0 Å².